The van der Waals surface area contributed by atoms with Gasteiger partial charge in [0.1, 0.15) is 5.75 Å². The summed E-state index contributed by atoms with van der Waals surface area (Å²) in [5.41, 5.74) is 0.119. The van der Waals surface area contributed by atoms with Crippen LogP contribution in [-0.4, -0.2) is 11.2 Å². The number of ether oxygens (including phenoxy) is 1. The fourth-order valence-corrected chi connectivity index (χ4v) is 1.26. The summed E-state index contributed by atoms with van der Waals surface area (Å²) in [6.07, 6.45) is 1.23. The van der Waals surface area contributed by atoms with E-state index >= 15 is 0 Å². The zero-order valence-electron chi connectivity index (χ0n) is 9.95. The fraction of sp³-hybridized carbons (Fsp3) is 0.538. The Hall–Kier alpha value is -1.02. The van der Waals surface area contributed by atoms with Gasteiger partial charge in [-0.1, -0.05) is 19.1 Å². The van der Waals surface area contributed by atoms with Gasteiger partial charge in [0.15, 0.2) is 0 Å². The van der Waals surface area contributed by atoms with Gasteiger partial charge in [0.05, 0.1) is 11.7 Å². The van der Waals surface area contributed by atoms with E-state index in [1.54, 1.807) is 13.8 Å². The molecule has 0 aliphatic heterocycles. The Balaban J connectivity index is 2.73. The van der Waals surface area contributed by atoms with Gasteiger partial charge in [-0.2, -0.15) is 0 Å². The normalized spacial score (nSPS) is 13.7. The summed E-state index contributed by atoms with van der Waals surface area (Å²) in [4.78, 5) is 0. The van der Waals surface area contributed by atoms with Gasteiger partial charge in [0.2, 0.25) is 0 Å². The minimum Gasteiger partial charge on any atom is -0.491 e. The van der Waals surface area contributed by atoms with Gasteiger partial charge < -0.3 is 9.84 Å². The Bertz CT molecular complexity index is 295. The van der Waals surface area contributed by atoms with Crippen molar-refractivity contribution in [1.82, 2.24) is 0 Å². The van der Waals surface area contributed by atoms with E-state index in [0.717, 1.165) is 17.7 Å². The number of benzene rings is 1. The standard InChI is InChI=1S/C13H20O2/c1-5-10(2)15-12-8-6-11(7-9-12)13(3,4)14/h6-10,14H,5H2,1-4H3. The van der Waals surface area contributed by atoms with Gasteiger partial charge in [-0.25, -0.2) is 0 Å². The van der Waals surface area contributed by atoms with Crippen LogP contribution in [-0.2, 0) is 5.60 Å². The molecule has 0 spiro atoms. The topological polar surface area (TPSA) is 29.5 Å². The van der Waals surface area contributed by atoms with Crippen LogP contribution in [0.5, 0.6) is 5.75 Å². The summed E-state index contributed by atoms with van der Waals surface area (Å²) in [7, 11) is 0. The number of aliphatic hydroxyl groups is 1. The largest absolute Gasteiger partial charge is 0.491 e. The van der Waals surface area contributed by atoms with Crippen molar-refractivity contribution in [2.75, 3.05) is 0 Å². The highest BCUT2D eigenvalue weighted by Gasteiger charge is 2.15. The van der Waals surface area contributed by atoms with Crippen molar-refractivity contribution in [1.29, 1.82) is 0 Å². The molecule has 1 aromatic carbocycles. The summed E-state index contributed by atoms with van der Waals surface area (Å²) in [6.45, 7) is 7.69. The highest BCUT2D eigenvalue weighted by atomic mass is 16.5. The lowest BCUT2D eigenvalue weighted by molar-refractivity contribution is 0.0785. The quantitative estimate of drug-likeness (QED) is 0.824. The lowest BCUT2D eigenvalue weighted by Gasteiger charge is -2.18. The lowest BCUT2D eigenvalue weighted by atomic mass is 9.99. The molecular formula is C13H20O2. The fourth-order valence-electron chi connectivity index (χ4n) is 1.26. The van der Waals surface area contributed by atoms with E-state index in [-0.39, 0.29) is 6.10 Å². The van der Waals surface area contributed by atoms with Crippen LogP contribution in [0.2, 0.25) is 0 Å². The maximum atomic E-state index is 9.77. The molecule has 1 N–H and O–H groups in total. The molecular weight excluding hydrogens is 188 g/mol. The van der Waals surface area contributed by atoms with Crippen LogP contribution < -0.4 is 4.74 Å². The lowest BCUT2D eigenvalue weighted by Crippen LogP contribution is -2.15. The summed E-state index contributed by atoms with van der Waals surface area (Å²) in [5.74, 6) is 0.859. The number of rotatable bonds is 4. The van der Waals surface area contributed by atoms with Crippen LogP contribution in [0.15, 0.2) is 24.3 Å². The highest BCUT2D eigenvalue weighted by Crippen LogP contribution is 2.22. The second kappa shape index (κ2) is 4.67. The van der Waals surface area contributed by atoms with Gasteiger partial charge in [-0.05, 0) is 44.9 Å². The molecule has 2 nitrogen and oxygen atoms in total. The smallest absolute Gasteiger partial charge is 0.119 e. The first-order valence-electron chi connectivity index (χ1n) is 5.43. The predicted octanol–water partition coefficient (Wildman–Crippen LogP) is 3.09. The van der Waals surface area contributed by atoms with E-state index in [1.165, 1.54) is 0 Å². The van der Waals surface area contributed by atoms with Gasteiger partial charge in [-0.15, -0.1) is 0 Å². The van der Waals surface area contributed by atoms with Gasteiger partial charge >= 0.3 is 0 Å². The average molecular weight is 208 g/mol. The van der Waals surface area contributed by atoms with Crippen LogP contribution in [0.3, 0.4) is 0 Å². The van der Waals surface area contributed by atoms with Gasteiger partial charge in [0.25, 0.3) is 0 Å². The third-order valence-corrected chi connectivity index (χ3v) is 2.47. The van der Waals surface area contributed by atoms with Crippen molar-refractivity contribution >= 4 is 0 Å². The van der Waals surface area contributed by atoms with Gasteiger partial charge in [-0.3, -0.25) is 0 Å². The molecule has 0 fully saturated rings. The van der Waals surface area contributed by atoms with E-state index in [9.17, 15) is 5.11 Å². The van der Waals surface area contributed by atoms with Crippen molar-refractivity contribution in [3.63, 3.8) is 0 Å². The SMILES string of the molecule is CCC(C)Oc1ccc(C(C)(C)O)cc1. The first kappa shape index (κ1) is 12.1. The zero-order chi connectivity index (χ0) is 11.5. The molecule has 1 rings (SSSR count). The Morgan fingerprint density at radius 3 is 2.20 bits per heavy atom. The van der Waals surface area contributed by atoms with Crippen LogP contribution in [0.4, 0.5) is 0 Å². The summed E-state index contributed by atoms with van der Waals surface area (Å²) in [6, 6.07) is 7.61. The maximum Gasteiger partial charge on any atom is 0.119 e. The second-order valence-electron chi connectivity index (χ2n) is 4.42. The summed E-state index contributed by atoms with van der Waals surface area (Å²) in [5, 5.41) is 9.77. The molecule has 0 heterocycles. The molecule has 0 bridgehead atoms. The third kappa shape index (κ3) is 3.56. The Labute approximate surface area is 91.9 Å². The molecule has 15 heavy (non-hydrogen) atoms. The molecule has 1 aromatic rings. The third-order valence-electron chi connectivity index (χ3n) is 2.47. The average Bonchev–Trinajstić information content (AvgIpc) is 2.17. The van der Waals surface area contributed by atoms with Crippen molar-refractivity contribution in [3.05, 3.63) is 29.8 Å². The predicted molar refractivity (Wildman–Crippen MR) is 62.1 cm³/mol. The van der Waals surface area contributed by atoms with Crippen LogP contribution >= 0.6 is 0 Å². The van der Waals surface area contributed by atoms with E-state index < -0.39 is 5.60 Å². The van der Waals surface area contributed by atoms with Crippen molar-refractivity contribution < 1.29 is 9.84 Å². The molecule has 0 aromatic heterocycles. The maximum absolute atomic E-state index is 9.77. The molecule has 0 aliphatic carbocycles. The molecule has 0 saturated carbocycles. The molecule has 0 saturated heterocycles. The van der Waals surface area contributed by atoms with Crippen LogP contribution in [0, 0.1) is 0 Å². The van der Waals surface area contributed by atoms with Gasteiger partial charge in [0, 0.05) is 0 Å². The van der Waals surface area contributed by atoms with Crippen molar-refractivity contribution in [3.8, 4) is 5.75 Å². The molecule has 0 aliphatic rings. The molecule has 0 amide bonds. The molecule has 1 unspecified atom stereocenters. The monoisotopic (exact) mass is 208 g/mol. The Kier molecular flexibility index (Phi) is 3.75. The second-order valence-corrected chi connectivity index (χ2v) is 4.42. The van der Waals surface area contributed by atoms with E-state index in [4.69, 9.17) is 4.74 Å². The molecule has 84 valence electrons. The molecule has 1 atom stereocenters. The van der Waals surface area contributed by atoms with Crippen molar-refractivity contribution in [2.24, 2.45) is 0 Å². The van der Waals surface area contributed by atoms with E-state index in [2.05, 4.69) is 6.92 Å². The first-order valence-corrected chi connectivity index (χ1v) is 5.43. The van der Waals surface area contributed by atoms with E-state index in [0.29, 0.717) is 0 Å². The Morgan fingerprint density at radius 2 is 1.80 bits per heavy atom. The minimum absolute atomic E-state index is 0.234. The summed E-state index contributed by atoms with van der Waals surface area (Å²) < 4.78 is 5.65. The van der Waals surface area contributed by atoms with Crippen molar-refractivity contribution in [2.45, 2.75) is 45.8 Å². The molecule has 0 radical (unpaired) electrons. The highest BCUT2D eigenvalue weighted by molar-refractivity contribution is 5.30. The minimum atomic E-state index is -0.783. The van der Waals surface area contributed by atoms with Crippen LogP contribution in [0.1, 0.15) is 39.7 Å². The first-order chi connectivity index (χ1) is 6.93. The van der Waals surface area contributed by atoms with E-state index in [1.807, 2.05) is 31.2 Å². The number of hydrogen-bond acceptors (Lipinski definition) is 2. The van der Waals surface area contributed by atoms with Crippen LogP contribution in [0.25, 0.3) is 0 Å². The molecule has 2 heteroatoms. The number of hydrogen-bond donors (Lipinski definition) is 1. The zero-order valence-corrected chi connectivity index (χ0v) is 9.95. The Morgan fingerprint density at radius 1 is 1.27 bits per heavy atom. The summed E-state index contributed by atoms with van der Waals surface area (Å²) >= 11 is 0.